The number of carbonyl (C=O) groups is 1. The molecule has 2 aliphatic rings. The Kier molecular flexibility index (Phi) is 7.60. The van der Waals surface area contributed by atoms with Gasteiger partial charge in [0.15, 0.2) is 0 Å². The van der Waals surface area contributed by atoms with Crippen molar-refractivity contribution in [2.24, 2.45) is 5.92 Å². The molecule has 7 nitrogen and oxygen atoms in total. The number of nitrogen functional groups attached to an aromatic ring is 1. The SMILES string of the molecule is Nc1ncc(C2CCCC(O)C2)nc1C1=CCC(C(=O)N[C@H](CO)c2cccc(Cl)c2)C(F)=C1. The summed E-state index contributed by atoms with van der Waals surface area (Å²) in [4.78, 5) is 21.7. The first kappa shape index (κ1) is 24.3. The van der Waals surface area contributed by atoms with E-state index in [0.717, 1.165) is 25.0 Å². The molecule has 1 aromatic heterocycles. The van der Waals surface area contributed by atoms with Crippen LogP contribution in [0, 0.1) is 5.92 Å². The van der Waals surface area contributed by atoms with Gasteiger partial charge in [-0.25, -0.2) is 14.4 Å². The van der Waals surface area contributed by atoms with E-state index in [0.29, 0.717) is 28.3 Å². The van der Waals surface area contributed by atoms with Crippen LogP contribution in [0.5, 0.6) is 0 Å². The largest absolute Gasteiger partial charge is 0.394 e. The number of carbonyl (C=O) groups excluding carboxylic acids is 1. The van der Waals surface area contributed by atoms with Crippen molar-refractivity contribution in [3.05, 3.63) is 70.4 Å². The van der Waals surface area contributed by atoms with Crippen molar-refractivity contribution in [3.63, 3.8) is 0 Å². The zero-order valence-electron chi connectivity index (χ0n) is 18.6. The van der Waals surface area contributed by atoms with E-state index < -0.39 is 23.7 Å². The van der Waals surface area contributed by atoms with Gasteiger partial charge in [-0.1, -0.05) is 36.2 Å². The predicted octanol–water partition coefficient (Wildman–Crippen LogP) is 3.84. The summed E-state index contributed by atoms with van der Waals surface area (Å²) >= 11 is 6.00. The van der Waals surface area contributed by atoms with Gasteiger partial charge in [-0.05, 0) is 49.5 Å². The van der Waals surface area contributed by atoms with E-state index in [-0.39, 0.29) is 30.9 Å². The topological polar surface area (TPSA) is 121 Å². The number of hydrogen-bond donors (Lipinski definition) is 4. The van der Waals surface area contributed by atoms with Gasteiger partial charge in [-0.3, -0.25) is 4.79 Å². The molecule has 2 aliphatic carbocycles. The highest BCUT2D eigenvalue weighted by Crippen LogP contribution is 2.35. The lowest BCUT2D eigenvalue weighted by atomic mass is 9.85. The number of nitrogens with one attached hydrogen (secondary N) is 1. The smallest absolute Gasteiger partial charge is 0.230 e. The second-order valence-corrected chi connectivity index (χ2v) is 9.26. The van der Waals surface area contributed by atoms with Crippen molar-refractivity contribution in [3.8, 4) is 0 Å². The van der Waals surface area contributed by atoms with Crippen molar-refractivity contribution >= 4 is 28.9 Å². The van der Waals surface area contributed by atoms with Crippen molar-refractivity contribution in [1.29, 1.82) is 0 Å². The Morgan fingerprint density at radius 3 is 2.88 bits per heavy atom. The fourth-order valence-corrected chi connectivity index (χ4v) is 4.75. The van der Waals surface area contributed by atoms with Crippen LogP contribution in [-0.2, 0) is 4.79 Å². The minimum atomic E-state index is -1.03. The van der Waals surface area contributed by atoms with Gasteiger partial charge in [-0.2, -0.15) is 0 Å². The molecular formula is C25H28ClFN4O3. The van der Waals surface area contributed by atoms with Crippen molar-refractivity contribution in [2.75, 3.05) is 12.3 Å². The van der Waals surface area contributed by atoms with E-state index in [1.54, 1.807) is 36.5 Å². The Morgan fingerprint density at radius 2 is 2.18 bits per heavy atom. The average Bonchev–Trinajstić information content (AvgIpc) is 2.82. The number of halogens is 2. The lowest BCUT2D eigenvalue weighted by Crippen LogP contribution is -2.36. The molecule has 34 heavy (non-hydrogen) atoms. The molecule has 1 saturated carbocycles. The first-order chi connectivity index (χ1) is 16.4. The van der Waals surface area contributed by atoms with E-state index in [1.807, 2.05) is 0 Å². The summed E-state index contributed by atoms with van der Waals surface area (Å²) < 4.78 is 15.0. The summed E-state index contributed by atoms with van der Waals surface area (Å²) in [5, 5.41) is 22.9. The third-order valence-corrected chi connectivity index (χ3v) is 6.66. The molecule has 0 saturated heterocycles. The van der Waals surface area contributed by atoms with E-state index in [4.69, 9.17) is 17.3 Å². The quantitative estimate of drug-likeness (QED) is 0.492. The number of nitrogens with two attached hydrogens (primary N) is 1. The molecule has 0 aliphatic heterocycles. The maximum absolute atomic E-state index is 15.0. The van der Waals surface area contributed by atoms with Crippen LogP contribution in [0.15, 0.2) is 48.4 Å². The van der Waals surface area contributed by atoms with Crippen molar-refractivity contribution in [2.45, 2.75) is 50.2 Å². The van der Waals surface area contributed by atoms with Gasteiger partial charge in [-0.15, -0.1) is 0 Å². The summed E-state index contributed by atoms with van der Waals surface area (Å²) in [6.45, 7) is -0.347. The van der Waals surface area contributed by atoms with Gasteiger partial charge < -0.3 is 21.3 Å². The predicted molar refractivity (Wildman–Crippen MR) is 128 cm³/mol. The molecule has 4 atom stereocenters. The molecule has 2 aromatic rings. The molecule has 1 aromatic carbocycles. The molecule has 0 radical (unpaired) electrons. The van der Waals surface area contributed by atoms with Crippen molar-refractivity contribution < 1.29 is 19.4 Å². The minimum absolute atomic E-state index is 0.0778. The number of aliphatic hydroxyl groups excluding tert-OH is 2. The van der Waals surface area contributed by atoms with Gasteiger partial charge in [0.2, 0.25) is 5.91 Å². The number of amides is 1. The zero-order chi connectivity index (χ0) is 24.2. The van der Waals surface area contributed by atoms with E-state index in [2.05, 4.69) is 15.3 Å². The van der Waals surface area contributed by atoms with Crippen LogP contribution in [0.4, 0.5) is 10.2 Å². The fourth-order valence-electron chi connectivity index (χ4n) is 4.55. The maximum atomic E-state index is 15.0. The summed E-state index contributed by atoms with van der Waals surface area (Å²) in [6, 6.07) is 6.09. The first-order valence-electron chi connectivity index (χ1n) is 11.4. The summed E-state index contributed by atoms with van der Waals surface area (Å²) in [7, 11) is 0. The lowest BCUT2D eigenvalue weighted by molar-refractivity contribution is -0.125. The highest BCUT2D eigenvalue weighted by Gasteiger charge is 2.29. The molecule has 1 heterocycles. The molecule has 1 amide bonds. The maximum Gasteiger partial charge on any atom is 0.230 e. The number of nitrogens with zero attached hydrogens (tertiary/aromatic N) is 2. The van der Waals surface area contributed by atoms with Crippen LogP contribution >= 0.6 is 11.6 Å². The molecule has 1 fully saturated rings. The Hall–Kier alpha value is -2.81. The molecule has 3 unspecified atom stereocenters. The molecule has 4 rings (SSSR count). The number of aromatic nitrogens is 2. The Labute approximate surface area is 202 Å². The number of hydrogen-bond acceptors (Lipinski definition) is 6. The average molecular weight is 487 g/mol. The van der Waals surface area contributed by atoms with Crippen LogP contribution in [0.1, 0.15) is 61.0 Å². The van der Waals surface area contributed by atoms with Gasteiger partial charge in [0.1, 0.15) is 17.3 Å². The van der Waals surface area contributed by atoms with Gasteiger partial charge in [0.25, 0.3) is 0 Å². The number of benzene rings is 1. The van der Waals surface area contributed by atoms with Gasteiger partial charge in [0.05, 0.1) is 36.6 Å². The van der Waals surface area contributed by atoms with E-state index in [9.17, 15) is 15.0 Å². The van der Waals surface area contributed by atoms with Crippen LogP contribution in [-0.4, -0.2) is 38.8 Å². The highest BCUT2D eigenvalue weighted by molar-refractivity contribution is 6.30. The number of allylic oxidation sites excluding steroid dienone is 3. The normalized spacial score (nSPS) is 23.6. The molecule has 0 spiro atoms. The van der Waals surface area contributed by atoms with Crippen LogP contribution < -0.4 is 11.1 Å². The Morgan fingerprint density at radius 1 is 1.35 bits per heavy atom. The number of anilines is 1. The third kappa shape index (κ3) is 5.46. The van der Waals surface area contributed by atoms with Crippen LogP contribution in [0.2, 0.25) is 5.02 Å². The summed E-state index contributed by atoms with van der Waals surface area (Å²) in [6.07, 6.45) is 7.56. The minimum Gasteiger partial charge on any atom is -0.394 e. The highest BCUT2D eigenvalue weighted by atomic mass is 35.5. The second-order valence-electron chi connectivity index (χ2n) is 8.82. The molecule has 180 valence electrons. The fraction of sp³-hybridized carbons (Fsp3) is 0.400. The standard InChI is InChI=1S/C25H28ClFN4O3/c26-17-5-1-3-14(9-17)22(13-32)31-25(34)19-8-7-16(11-20(19)27)23-24(28)29-12-21(30-23)15-4-2-6-18(33)10-15/h1,3,5,7,9,11-12,15,18-19,22,32-33H,2,4,6,8,10,13H2,(H2,28,29)(H,31,34)/t15?,18?,19?,22-/m1/s1. The van der Waals surface area contributed by atoms with E-state index >= 15 is 4.39 Å². The zero-order valence-corrected chi connectivity index (χ0v) is 19.4. The Bertz CT molecular complexity index is 1120. The molecule has 9 heteroatoms. The van der Waals surface area contributed by atoms with Crippen molar-refractivity contribution in [1.82, 2.24) is 15.3 Å². The first-order valence-corrected chi connectivity index (χ1v) is 11.8. The van der Waals surface area contributed by atoms with Crippen LogP contribution in [0.3, 0.4) is 0 Å². The van der Waals surface area contributed by atoms with Crippen LogP contribution in [0.25, 0.3) is 5.57 Å². The van der Waals surface area contributed by atoms with Gasteiger partial charge >= 0.3 is 0 Å². The third-order valence-electron chi connectivity index (χ3n) is 6.42. The molecule has 0 bridgehead atoms. The number of aliphatic hydroxyl groups is 2. The second kappa shape index (κ2) is 10.6. The monoisotopic (exact) mass is 486 g/mol. The summed E-state index contributed by atoms with van der Waals surface area (Å²) in [5.41, 5.74) is 8.25. The van der Waals surface area contributed by atoms with E-state index in [1.165, 1.54) is 6.08 Å². The summed E-state index contributed by atoms with van der Waals surface area (Å²) in [5.74, 6) is -1.92. The number of rotatable bonds is 6. The molecular weight excluding hydrogens is 459 g/mol. The molecule has 5 N–H and O–H groups in total. The lowest BCUT2D eigenvalue weighted by Gasteiger charge is -2.26. The Balaban J connectivity index is 1.49. The van der Waals surface area contributed by atoms with Gasteiger partial charge in [0, 0.05) is 16.5 Å².